The topological polar surface area (TPSA) is 29.5 Å². The van der Waals surface area contributed by atoms with E-state index in [0.717, 1.165) is 19.4 Å². The molecule has 0 saturated carbocycles. The number of hydrogen-bond donors (Lipinski definition) is 1. The summed E-state index contributed by atoms with van der Waals surface area (Å²) in [5, 5.41) is 8.93. The quantitative estimate of drug-likeness (QED) is 0.672. The fraction of sp³-hybridized carbons (Fsp3) is 1.00. The van der Waals surface area contributed by atoms with E-state index in [4.69, 9.17) is 9.84 Å². The Morgan fingerprint density at radius 3 is 2.00 bits per heavy atom. The van der Waals surface area contributed by atoms with Crippen molar-refractivity contribution in [2.24, 2.45) is 5.41 Å². The van der Waals surface area contributed by atoms with Crippen molar-refractivity contribution in [1.29, 1.82) is 0 Å². The van der Waals surface area contributed by atoms with E-state index in [1.807, 2.05) is 13.8 Å². The lowest BCUT2D eigenvalue weighted by Crippen LogP contribution is -2.29. The van der Waals surface area contributed by atoms with Crippen molar-refractivity contribution < 1.29 is 9.84 Å². The fourth-order valence-corrected chi connectivity index (χ4v) is 0.997. The lowest BCUT2D eigenvalue weighted by Gasteiger charge is -2.24. The van der Waals surface area contributed by atoms with E-state index in [-0.39, 0.29) is 12.2 Å². The molecule has 0 radical (unpaired) electrons. The van der Waals surface area contributed by atoms with Crippen LogP contribution in [0.5, 0.6) is 0 Å². The molecule has 80 valence electrons. The minimum absolute atomic E-state index is 0.0858. The fourth-order valence-electron chi connectivity index (χ4n) is 0.997. The summed E-state index contributed by atoms with van der Waals surface area (Å²) in [6, 6.07) is 0. The predicted octanol–water partition coefficient (Wildman–Crippen LogP) is 2.60. The Kier molecular flexibility index (Phi) is 4.93. The molecule has 0 bridgehead atoms. The van der Waals surface area contributed by atoms with E-state index >= 15 is 0 Å². The molecule has 0 aliphatic heterocycles. The summed E-state index contributed by atoms with van der Waals surface area (Å²) in [6.07, 6.45) is 2.22. The van der Waals surface area contributed by atoms with Gasteiger partial charge in [-0.1, -0.05) is 20.8 Å². The first-order chi connectivity index (χ1) is 5.77. The Balaban J connectivity index is 3.47. The maximum Gasteiger partial charge on any atom is 0.0856 e. The molecule has 0 saturated heterocycles. The second-order valence-electron chi connectivity index (χ2n) is 5.43. The zero-order chi connectivity index (χ0) is 10.5. The van der Waals surface area contributed by atoms with E-state index in [2.05, 4.69) is 20.8 Å². The smallest absolute Gasteiger partial charge is 0.0856 e. The van der Waals surface area contributed by atoms with Crippen molar-refractivity contribution in [2.75, 3.05) is 13.2 Å². The number of ether oxygens (including phenoxy) is 1. The highest BCUT2D eigenvalue weighted by Gasteiger charge is 2.17. The van der Waals surface area contributed by atoms with Gasteiger partial charge in [-0.15, -0.1) is 0 Å². The van der Waals surface area contributed by atoms with Crippen LogP contribution in [0.2, 0.25) is 0 Å². The molecule has 0 heterocycles. The molecule has 1 N–H and O–H groups in total. The maximum atomic E-state index is 8.93. The van der Waals surface area contributed by atoms with Crippen molar-refractivity contribution >= 4 is 0 Å². The minimum atomic E-state index is -0.377. The Labute approximate surface area is 82.3 Å². The highest BCUT2D eigenvalue weighted by molar-refractivity contribution is 4.66. The molecular formula is C11H24O2. The van der Waals surface area contributed by atoms with Crippen LogP contribution < -0.4 is 0 Å². The third-order valence-electron chi connectivity index (χ3n) is 1.94. The van der Waals surface area contributed by atoms with Crippen molar-refractivity contribution in [3.63, 3.8) is 0 Å². The van der Waals surface area contributed by atoms with Crippen molar-refractivity contribution in [1.82, 2.24) is 0 Å². The molecule has 2 nitrogen and oxygen atoms in total. The van der Waals surface area contributed by atoms with Crippen LogP contribution in [0.3, 0.4) is 0 Å². The van der Waals surface area contributed by atoms with Crippen molar-refractivity contribution in [3.05, 3.63) is 0 Å². The van der Waals surface area contributed by atoms with Gasteiger partial charge in [0.15, 0.2) is 0 Å². The molecule has 0 aliphatic rings. The first-order valence-corrected chi connectivity index (χ1v) is 5.02. The van der Waals surface area contributed by atoms with Crippen LogP contribution in [0.25, 0.3) is 0 Å². The summed E-state index contributed by atoms with van der Waals surface area (Å²) in [7, 11) is 0. The van der Waals surface area contributed by atoms with Crippen LogP contribution in [0, 0.1) is 5.41 Å². The Hall–Kier alpha value is -0.0800. The highest BCUT2D eigenvalue weighted by Crippen LogP contribution is 2.21. The second-order valence-corrected chi connectivity index (χ2v) is 5.43. The predicted molar refractivity (Wildman–Crippen MR) is 55.8 cm³/mol. The van der Waals surface area contributed by atoms with E-state index in [9.17, 15) is 0 Å². The summed E-state index contributed by atoms with van der Waals surface area (Å²) < 4.78 is 5.52. The van der Waals surface area contributed by atoms with Gasteiger partial charge in [-0.2, -0.15) is 0 Å². The van der Waals surface area contributed by atoms with Crippen LogP contribution in [-0.2, 0) is 4.74 Å². The van der Waals surface area contributed by atoms with E-state index in [1.165, 1.54) is 0 Å². The number of aliphatic hydroxyl groups is 1. The molecule has 0 aliphatic carbocycles. The van der Waals surface area contributed by atoms with Gasteiger partial charge in [0.05, 0.1) is 12.2 Å². The van der Waals surface area contributed by atoms with Gasteiger partial charge >= 0.3 is 0 Å². The average Bonchev–Trinajstić information content (AvgIpc) is 1.97. The Morgan fingerprint density at radius 1 is 1.08 bits per heavy atom. The van der Waals surface area contributed by atoms with Crippen LogP contribution in [0.1, 0.15) is 47.5 Å². The van der Waals surface area contributed by atoms with Gasteiger partial charge in [0, 0.05) is 6.61 Å². The van der Waals surface area contributed by atoms with E-state index in [0.29, 0.717) is 5.41 Å². The maximum absolute atomic E-state index is 8.93. The number of hydrogen-bond acceptors (Lipinski definition) is 2. The van der Waals surface area contributed by atoms with Gasteiger partial charge < -0.3 is 9.84 Å². The molecule has 2 heteroatoms. The summed E-state index contributed by atoms with van der Waals surface area (Å²) in [4.78, 5) is 0. The lowest BCUT2D eigenvalue weighted by molar-refractivity contribution is -0.0561. The van der Waals surface area contributed by atoms with Gasteiger partial charge in [0.1, 0.15) is 0 Å². The molecular weight excluding hydrogens is 164 g/mol. The van der Waals surface area contributed by atoms with E-state index < -0.39 is 0 Å². The van der Waals surface area contributed by atoms with E-state index in [1.54, 1.807) is 0 Å². The van der Waals surface area contributed by atoms with Crippen molar-refractivity contribution in [3.8, 4) is 0 Å². The molecule has 0 aromatic rings. The van der Waals surface area contributed by atoms with Crippen molar-refractivity contribution in [2.45, 2.75) is 53.1 Å². The third kappa shape index (κ3) is 8.26. The zero-order valence-corrected chi connectivity index (χ0v) is 9.68. The van der Waals surface area contributed by atoms with Crippen LogP contribution in [0.4, 0.5) is 0 Å². The van der Waals surface area contributed by atoms with Gasteiger partial charge in [-0.3, -0.25) is 0 Å². The molecule has 0 aromatic carbocycles. The Morgan fingerprint density at radius 2 is 1.62 bits per heavy atom. The highest BCUT2D eigenvalue weighted by atomic mass is 16.5. The molecule has 0 rings (SSSR count). The largest absolute Gasteiger partial charge is 0.393 e. The molecule has 0 fully saturated rings. The van der Waals surface area contributed by atoms with Crippen LogP contribution >= 0.6 is 0 Å². The lowest BCUT2D eigenvalue weighted by atomic mass is 9.91. The van der Waals surface area contributed by atoms with Gasteiger partial charge in [-0.25, -0.2) is 0 Å². The summed E-state index contributed by atoms with van der Waals surface area (Å²) in [5.74, 6) is 0. The summed E-state index contributed by atoms with van der Waals surface area (Å²) in [6.45, 7) is 11.3. The molecule has 0 atom stereocenters. The third-order valence-corrected chi connectivity index (χ3v) is 1.94. The normalized spacial score (nSPS) is 13.4. The van der Waals surface area contributed by atoms with Crippen LogP contribution in [0.15, 0.2) is 0 Å². The monoisotopic (exact) mass is 188 g/mol. The molecule has 0 amide bonds. The number of aliphatic hydroxyl groups excluding tert-OH is 1. The first-order valence-electron chi connectivity index (χ1n) is 5.02. The summed E-state index contributed by atoms with van der Waals surface area (Å²) >= 11 is 0. The minimum Gasteiger partial charge on any atom is -0.393 e. The zero-order valence-electron chi connectivity index (χ0n) is 9.68. The first kappa shape index (κ1) is 12.9. The molecule has 13 heavy (non-hydrogen) atoms. The molecule has 0 aromatic heterocycles. The Bertz CT molecular complexity index is 134. The molecule has 0 spiro atoms. The van der Waals surface area contributed by atoms with Crippen LogP contribution in [-0.4, -0.2) is 23.9 Å². The second kappa shape index (κ2) is 4.97. The summed E-state index contributed by atoms with van der Waals surface area (Å²) in [5.41, 5.74) is 0.00457. The van der Waals surface area contributed by atoms with Gasteiger partial charge in [0.25, 0.3) is 0 Å². The average molecular weight is 188 g/mol. The number of rotatable bonds is 5. The standard InChI is InChI=1S/C11H24O2/c1-10(2,3)7-6-8-13-11(4,5)9-12/h12H,6-9H2,1-5H3. The SMILES string of the molecule is CC(C)(C)CCCOC(C)(C)CO. The van der Waals surface area contributed by atoms with Gasteiger partial charge in [-0.05, 0) is 32.1 Å². The van der Waals surface area contributed by atoms with Gasteiger partial charge in [0.2, 0.25) is 0 Å². The molecule has 0 unspecified atom stereocenters.